The molecular formula is C20H21N7O. The number of aromatic amines is 1. The first-order chi connectivity index (χ1) is 13.8. The highest BCUT2D eigenvalue weighted by Crippen LogP contribution is 2.20. The number of H-pyrrole nitrogens is 1. The minimum absolute atomic E-state index is 0.0190. The lowest BCUT2D eigenvalue weighted by atomic mass is 10.1. The van der Waals surface area contributed by atoms with Gasteiger partial charge in [-0.2, -0.15) is 0 Å². The number of rotatable bonds is 8. The van der Waals surface area contributed by atoms with Crippen molar-refractivity contribution in [3.63, 3.8) is 0 Å². The number of carbonyl (C=O) groups is 1. The molecule has 2 aromatic heterocycles. The average molecular weight is 375 g/mol. The molecule has 0 aliphatic rings. The van der Waals surface area contributed by atoms with Gasteiger partial charge in [0, 0.05) is 13.0 Å². The first-order valence-corrected chi connectivity index (χ1v) is 9.26. The number of hydrogen-bond acceptors (Lipinski definition) is 5. The van der Waals surface area contributed by atoms with E-state index in [4.69, 9.17) is 0 Å². The van der Waals surface area contributed by atoms with Crippen LogP contribution in [0.15, 0.2) is 60.9 Å². The molecule has 28 heavy (non-hydrogen) atoms. The van der Waals surface area contributed by atoms with Crippen LogP contribution in [0.2, 0.25) is 0 Å². The maximum absolute atomic E-state index is 12.5. The molecular weight excluding hydrogens is 354 g/mol. The number of benzene rings is 2. The Bertz CT molecular complexity index is 994. The van der Waals surface area contributed by atoms with E-state index in [0.29, 0.717) is 25.8 Å². The van der Waals surface area contributed by atoms with Gasteiger partial charge in [0.25, 0.3) is 0 Å². The van der Waals surface area contributed by atoms with Crippen LogP contribution in [0.3, 0.4) is 0 Å². The molecule has 2 N–H and O–H groups in total. The molecule has 0 saturated heterocycles. The molecule has 0 aliphatic heterocycles. The third-order valence-corrected chi connectivity index (χ3v) is 4.54. The number of aromatic nitrogens is 6. The Labute approximate surface area is 162 Å². The summed E-state index contributed by atoms with van der Waals surface area (Å²) in [5, 5.41) is 14.1. The van der Waals surface area contributed by atoms with E-state index in [-0.39, 0.29) is 11.9 Å². The third-order valence-electron chi connectivity index (χ3n) is 4.54. The molecule has 0 fully saturated rings. The predicted octanol–water partition coefficient (Wildman–Crippen LogP) is 2.43. The zero-order valence-corrected chi connectivity index (χ0v) is 15.3. The number of para-hydroxylation sites is 2. The van der Waals surface area contributed by atoms with Gasteiger partial charge in [-0.25, -0.2) is 9.67 Å². The van der Waals surface area contributed by atoms with E-state index >= 15 is 0 Å². The molecule has 1 atom stereocenters. The second kappa shape index (κ2) is 8.43. The molecule has 0 saturated carbocycles. The number of hydrogen-bond donors (Lipinski definition) is 2. The highest BCUT2D eigenvalue weighted by Gasteiger charge is 2.19. The smallest absolute Gasteiger partial charge is 0.220 e. The second-order valence-corrected chi connectivity index (χ2v) is 6.63. The van der Waals surface area contributed by atoms with Crippen LogP contribution >= 0.6 is 0 Å². The largest absolute Gasteiger partial charge is 0.346 e. The van der Waals surface area contributed by atoms with Crippen LogP contribution in [-0.4, -0.2) is 36.1 Å². The van der Waals surface area contributed by atoms with Crippen molar-refractivity contribution < 1.29 is 4.79 Å². The minimum atomic E-state index is -0.227. The lowest BCUT2D eigenvalue weighted by Gasteiger charge is -2.17. The topological polar surface area (TPSA) is 101 Å². The molecule has 2 heterocycles. The maximum Gasteiger partial charge on any atom is 0.220 e. The maximum atomic E-state index is 12.5. The molecule has 0 aliphatic carbocycles. The highest BCUT2D eigenvalue weighted by molar-refractivity contribution is 5.77. The van der Waals surface area contributed by atoms with Crippen LogP contribution in [0.4, 0.5) is 0 Å². The Balaban J connectivity index is 1.46. The van der Waals surface area contributed by atoms with Gasteiger partial charge in [-0.3, -0.25) is 4.79 Å². The van der Waals surface area contributed by atoms with Crippen molar-refractivity contribution in [3.05, 3.63) is 72.3 Å². The standard InChI is InChI=1S/C20H21N7O/c28-19(11-6-12-27-14-21-25-26-27)22-18(13-15-7-2-1-3-8-15)20-23-16-9-4-5-10-17(16)24-20/h1-5,7-10,14,18H,6,11-13H2,(H,22,28)(H,23,24). The SMILES string of the molecule is O=C(CCCn1cnnn1)NC(Cc1ccccc1)c1nc2ccccc2[nH]1. The Morgan fingerprint density at radius 1 is 1.11 bits per heavy atom. The van der Waals surface area contributed by atoms with Gasteiger partial charge >= 0.3 is 0 Å². The first kappa shape index (κ1) is 17.8. The summed E-state index contributed by atoms with van der Waals surface area (Å²) in [5.41, 5.74) is 2.99. The van der Waals surface area contributed by atoms with Crippen LogP contribution in [0, 0.1) is 0 Å². The molecule has 0 bridgehead atoms. The number of tetrazole rings is 1. The van der Waals surface area contributed by atoms with Gasteiger partial charge in [-0.15, -0.1) is 5.10 Å². The molecule has 0 radical (unpaired) electrons. The lowest BCUT2D eigenvalue weighted by molar-refractivity contribution is -0.122. The number of imidazole rings is 1. The van der Waals surface area contributed by atoms with E-state index < -0.39 is 0 Å². The van der Waals surface area contributed by atoms with E-state index in [1.54, 1.807) is 11.0 Å². The third kappa shape index (κ3) is 4.40. The zero-order chi connectivity index (χ0) is 19.2. The summed E-state index contributed by atoms with van der Waals surface area (Å²) in [7, 11) is 0. The van der Waals surface area contributed by atoms with Crippen LogP contribution in [0.5, 0.6) is 0 Å². The number of nitrogens with zero attached hydrogens (tertiary/aromatic N) is 5. The number of carbonyl (C=O) groups excluding carboxylic acids is 1. The molecule has 8 heteroatoms. The van der Waals surface area contributed by atoms with Crippen LogP contribution in [0.25, 0.3) is 11.0 Å². The summed E-state index contributed by atoms with van der Waals surface area (Å²) in [5.74, 6) is 0.744. The Kier molecular flexibility index (Phi) is 5.37. The average Bonchev–Trinajstić information content (AvgIpc) is 3.38. The molecule has 2 aromatic carbocycles. The molecule has 1 amide bonds. The summed E-state index contributed by atoms with van der Waals surface area (Å²) in [6.07, 6.45) is 3.27. The van der Waals surface area contributed by atoms with Gasteiger partial charge in [-0.1, -0.05) is 42.5 Å². The highest BCUT2D eigenvalue weighted by atomic mass is 16.1. The molecule has 4 rings (SSSR count). The van der Waals surface area contributed by atoms with E-state index in [0.717, 1.165) is 22.4 Å². The Morgan fingerprint density at radius 3 is 2.71 bits per heavy atom. The van der Waals surface area contributed by atoms with Crippen molar-refractivity contribution in [2.45, 2.75) is 31.8 Å². The number of fused-ring (bicyclic) bond motifs is 1. The fourth-order valence-electron chi connectivity index (χ4n) is 3.15. The van der Waals surface area contributed by atoms with E-state index in [1.807, 2.05) is 42.5 Å². The quantitative estimate of drug-likeness (QED) is 0.492. The minimum Gasteiger partial charge on any atom is -0.346 e. The normalized spacial score (nSPS) is 12.1. The van der Waals surface area contributed by atoms with Gasteiger partial charge in [0.15, 0.2) is 0 Å². The van der Waals surface area contributed by atoms with Crippen molar-refractivity contribution in [3.8, 4) is 0 Å². The predicted molar refractivity (Wildman–Crippen MR) is 104 cm³/mol. The van der Waals surface area contributed by atoms with Crippen LogP contribution in [-0.2, 0) is 17.8 Å². The van der Waals surface area contributed by atoms with Crippen molar-refractivity contribution in [1.29, 1.82) is 0 Å². The summed E-state index contributed by atoms with van der Waals surface area (Å²) >= 11 is 0. The molecule has 142 valence electrons. The van der Waals surface area contributed by atoms with Crippen molar-refractivity contribution in [2.24, 2.45) is 0 Å². The number of nitrogens with one attached hydrogen (secondary N) is 2. The Hall–Kier alpha value is -3.55. The lowest BCUT2D eigenvalue weighted by Crippen LogP contribution is -2.30. The van der Waals surface area contributed by atoms with Gasteiger partial charge < -0.3 is 10.3 Å². The number of aryl methyl sites for hydroxylation is 1. The Morgan fingerprint density at radius 2 is 1.93 bits per heavy atom. The summed E-state index contributed by atoms with van der Waals surface area (Å²) in [6.45, 7) is 0.606. The van der Waals surface area contributed by atoms with Crippen LogP contribution < -0.4 is 5.32 Å². The van der Waals surface area contributed by atoms with Gasteiger partial charge in [0.2, 0.25) is 5.91 Å². The van der Waals surface area contributed by atoms with E-state index in [2.05, 4.69) is 42.9 Å². The molecule has 0 spiro atoms. The summed E-state index contributed by atoms with van der Waals surface area (Å²) < 4.78 is 1.62. The summed E-state index contributed by atoms with van der Waals surface area (Å²) in [6, 6.07) is 17.7. The van der Waals surface area contributed by atoms with Crippen molar-refractivity contribution >= 4 is 16.9 Å². The monoisotopic (exact) mass is 375 g/mol. The second-order valence-electron chi connectivity index (χ2n) is 6.63. The molecule has 8 nitrogen and oxygen atoms in total. The molecule has 4 aromatic rings. The fraction of sp³-hybridized carbons (Fsp3) is 0.250. The molecule has 1 unspecified atom stereocenters. The van der Waals surface area contributed by atoms with E-state index in [1.165, 1.54) is 0 Å². The first-order valence-electron chi connectivity index (χ1n) is 9.26. The van der Waals surface area contributed by atoms with Crippen molar-refractivity contribution in [1.82, 2.24) is 35.5 Å². The van der Waals surface area contributed by atoms with Gasteiger partial charge in [0.05, 0.1) is 17.1 Å². The van der Waals surface area contributed by atoms with Gasteiger partial charge in [0.1, 0.15) is 12.2 Å². The van der Waals surface area contributed by atoms with Crippen LogP contribution in [0.1, 0.15) is 30.3 Å². The van der Waals surface area contributed by atoms with E-state index in [9.17, 15) is 4.79 Å². The van der Waals surface area contributed by atoms with Gasteiger partial charge in [-0.05, 0) is 41.0 Å². The fourth-order valence-corrected chi connectivity index (χ4v) is 3.15. The summed E-state index contributed by atoms with van der Waals surface area (Å²) in [4.78, 5) is 20.6. The zero-order valence-electron chi connectivity index (χ0n) is 15.3. The number of amides is 1. The van der Waals surface area contributed by atoms with Crippen molar-refractivity contribution in [2.75, 3.05) is 0 Å².